The predicted molar refractivity (Wildman–Crippen MR) is 99.3 cm³/mol. The van der Waals surface area contributed by atoms with Crippen molar-refractivity contribution in [2.75, 3.05) is 36.5 Å². The smallest absolute Gasteiger partial charge is 0.250 e. The number of rotatable bonds is 5. The predicted octanol–water partition coefficient (Wildman–Crippen LogP) is -0.251. The minimum absolute atomic E-state index is 0.101. The monoisotopic (exact) mass is 384 g/mol. The molecular weight excluding hydrogens is 362 g/mol. The van der Waals surface area contributed by atoms with Crippen molar-refractivity contribution in [1.29, 1.82) is 0 Å². The lowest BCUT2D eigenvalue weighted by molar-refractivity contribution is -0.313. The van der Waals surface area contributed by atoms with Crippen molar-refractivity contribution in [3.63, 3.8) is 0 Å². The number of carboxylic acid groups (broad SMARTS) is 1. The zero-order chi connectivity index (χ0) is 19.8. The molecule has 1 saturated carbocycles. The van der Waals surface area contributed by atoms with Crippen molar-refractivity contribution in [3.8, 4) is 0 Å². The van der Waals surface area contributed by atoms with Crippen LogP contribution in [0, 0.1) is 23.7 Å². The molecule has 1 aromatic carbocycles. The standard InChI is InChI=1S/C20H23N3O5/c21-18(24)14-10-13(3-4-15(14)23-5-7-28-8-6-23)22-19(25)16-11-1-2-12(9-11)17(16)20(26)27/h1-4,10-12,16-17H,5-9H2,(H2,21,24)(H,22,25)(H,26,27)/p-1/t11-,12-,16+,17-/m0/s1. The lowest BCUT2D eigenvalue weighted by Crippen LogP contribution is -2.43. The fraction of sp³-hybridized carbons (Fsp3) is 0.450. The first-order chi connectivity index (χ1) is 13.5. The van der Waals surface area contributed by atoms with Crippen LogP contribution >= 0.6 is 0 Å². The van der Waals surface area contributed by atoms with Crippen molar-refractivity contribution in [2.45, 2.75) is 6.42 Å². The van der Waals surface area contributed by atoms with Crippen molar-refractivity contribution in [2.24, 2.45) is 29.4 Å². The van der Waals surface area contributed by atoms with Gasteiger partial charge in [-0.2, -0.15) is 0 Å². The first-order valence-corrected chi connectivity index (χ1v) is 9.42. The molecule has 4 atom stereocenters. The summed E-state index contributed by atoms with van der Waals surface area (Å²) in [5, 5.41) is 14.3. The van der Waals surface area contributed by atoms with Crippen LogP contribution < -0.4 is 21.1 Å². The van der Waals surface area contributed by atoms with Crippen molar-refractivity contribution >= 4 is 29.2 Å². The molecule has 2 aliphatic carbocycles. The lowest BCUT2D eigenvalue weighted by atomic mass is 9.82. The highest BCUT2D eigenvalue weighted by molar-refractivity contribution is 6.02. The molecule has 8 heteroatoms. The average molecular weight is 384 g/mol. The van der Waals surface area contributed by atoms with Gasteiger partial charge in [0.15, 0.2) is 0 Å². The van der Waals surface area contributed by atoms with Gasteiger partial charge < -0.3 is 30.6 Å². The highest BCUT2D eigenvalue weighted by Gasteiger charge is 2.48. The number of hydrogen-bond acceptors (Lipinski definition) is 6. The zero-order valence-corrected chi connectivity index (χ0v) is 15.3. The molecule has 0 spiro atoms. The van der Waals surface area contributed by atoms with E-state index in [4.69, 9.17) is 10.5 Å². The van der Waals surface area contributed by atoms with E-state index in [1.54, 1.807) is 18.2 Å². The summed E-state index contributed by atoms with van der Waals surface area (Å²) >= 11 is 0. The number of hydrogen-bond donors (Lipinski definition) is 2. The molecule has 1 saturated heterocycles. The molecule has 3 aliphatic rings. The van der Waals surface area contributed by atoms with Gasteiger partial charge in [-0.3, -0.25) is 9.59 Å². The summed E-state index contributed by atoms with van der Waals surface area (Å²) in [6, 6.07) is 4.99. The van der Waals surface area contributed by atoms with E-state index in [1.165, 1.54) is 0 Å². The van der Waals surface area contributed by atoms with E-state index in [0.717, 1.165) is 0 Å². The van der Waals surface area contributed by atoms with Gasteiger partial charge in [0.25, 0.3) is 5.91 Å². The van der Waals surface area contributed by atoms with Gasteiger partial charge in [0.2, 0.25) is 5.91 Å². The molecule has 1 aromatic rings. The minimum Gasteiger partial charge on any atom is -0.550 e. The number of ether oxygens (including phenoxy) is 1. The van der Waals surface area contributed by atoms with Crippen molar-refractivity contribution < 1.29 is 24.2 Å². The Hall–Kier alpha value is -2.87. The van der Waals surface area contributed by atoms with Crippen LogP contribution in [-0.2, 0) is 14.3 Å². The Morgan fingerprint density at radius 3 is 2.43 bits per heavy atom. The van der Waals surface area contributed by atoms with E-state index in [0.29, 0.717) is 49.7 Å². The van der Waals surface area contributed by atoms with Crippen LogP contribution in [0.15, 0.2) is 30.4 Å². The number of carbonyl (C=O) groups is 3. The third kappa shape index (κ3) is 3.24. The molecule has 2 bridgehead atoms. The van der Waals surface area contributed by atoms with E-state index in [9.17, 15) is 19.5 Å². The van der Waals surface area contributed by atoms with Crippen LogP contribution in [0.2, 0.25) is 0 Å². The molecule has 0 unspecified atom stereocenters. The van der Waals surface area contributed by atoms with Gasteiger partial charge in [0.05, 0.1) is 24.7 Å². The van der Waals surface area contributed by atoms with Crippen molar-refractivity contribution in [3.05, 3.63) is 35.9 Å². The first-order valence-electron chi connectivity index (χ1n) is 9.42. The van der Waals surface area contributed by atoms with E-state index in [1.807, 2.05) is 17.1 Å². The maximum Gasteiger partial charge on any atom is 0.250 e. The van der Waals surface area contributed by atoms with Gasteiger partial charge >= 0.3 is 0 Å². The van der Waals surface area contributed by atoms with Crippen LogP contribution in [0.3, 0.4) is 0 Å². The number of nitrogens with zero attached hydrogens (tertiary/aromatic N) is 1. The SMILES string of the molecule is NC(=O)c1cc(NC(=O)[C@H]2[C@@H](C(=O)[O-])[C@H]3C=C[C@H]2C3)ccc1N1CCOCC1. The number of carbonyl (C=O) groups excluding carboxylic acids is 3. The number of allylic oxidation sites excluding steroid dienone is 2. The summed E-state index contributed by atoms with van der Waals surface area (Å²) in [6.45, 7) is 2.44. The maximum atomic E-state index is 12.8. The van der Waals surface area contributed by atoms with Gasteiger partial charge in [0, 0.05) is 36.4 Å². The number of nitrogens with one attached hydrogen (secondary N) is 1. The zero-order valence-electron chi connectivity index (χ0n) is 15.3. The van der Waals surface area contributed by atoms with E-state index in [-0.39, 0.29) is 17.7 Å². The van der Waals surface area contributed by atoms with E-state index in [2.05, 4.69) is 5.32 Å². The van der Waals surface area contributed by atoms with Crippen LogP contribution in [-0.4, -0.2) is 44.1 Å². The Labute approximate surface area is 162 Å². The molecule has 2 amide bonds. The molecule has 1 heterocycles. The average Bonchev–Trinajstić information content (AvgIpc) is 3.30. The fourth-order valence-electron chi connectivity index (χ4n) is 4.62. The Bertz CT molecular complexity index is 846. The van der Waals surface area contributed by atoms with Gasteiger partial charge in [0.1, 0.15) is 0 Å². The van der Waals surface area contributed by atoms with Crippen molar-refractivity contribution in [1.82, 2.24) is 0 Å². The second-order valence-electron chi connectivity index (χ2n) is 7.50. The summed E-state index contributed by atoms with van der Waals surface area (Å²) in [4.78, 5) is 38.3. The number of benzene rings is 1. The van der Waals surface area contributed by atoms with E-state index < -0.39 is 23.7 Å². The van der Waals surface area contributed by atoms with Crippen LogP contribution in [0.1, 0.15) is 16.8 Å². The number of amides is 2. The van der Waals surface area contributed by atoms with Gasteiger partial charge in [-0.05, 0) is 36.5 Å². The molecular formula is C20H22N3O5-. The summed E-state index contributed by atoms with van der Waals surface area (Å²) in [5.74, 6) is -3.91. The number of fused-ring (bicyclic) bond motifs is 2. The molecule has 0 aromatic heterocycles. The summed E-state index contributed by atoms with van der Waals surface area (Å²) in [5.41, 5.74) is 6.97. The highest BCUT2D eigenvalue weighted by Crippen LogP contribution is 2.48. The first kappa shape index (κ1) is 18.5. The Kier molecular flexibility index (Phi) is 4.80. The van der Waals surface area contributed by atoms with E-state index >= 15 is 0 Å². The summed E-state index contributed by atoms with van der Waals surface area (Å²) in [7, 11) is 0. The summed E-state index contributed by atoms with van der Waals surface area (Å²) in [6.07, 6.45) is 4.42. The third-order valence-electron chi connectivity index (χ3n) is 5.92. The summed E-state index contributed by atoms with van der Waals surface area (Å²) < 4.78 is 5.33. The number of primary amides is 1. The third-order valence-corrected chi connectivity index (χ3v) is 5.92. The Morgan fingerprint density at radius 2 is 1.79 bits per heavy atom. The Balaban J connectivity index is 1.55. The largest absolute Gasteiger partial charge is 0.550 e. The number of nitrogens with two attached hydrogens (primary N) is 1. The number of anilines is 2. The van der Waals surface area contributed by atoms with Crippen LogP contribution in [0.5, 0.6) is 0 Å². The minimum atomic E-state index is -1.20. The highest BCUT2D eigenvalue weighted by atomic mass is 16.5. The molecule has 28 heavy (non-hydrogen) atoms. The molecule has 148 valence electrons. The van der Waals surface area contributed by atoms with Gasteiger partial charge in [-0.25, -0.2) is 0 Å². The molecule has 8 nitrogen and oxygen atoms in total. The normalized spacial score (nSPS) is 28.4. The molecule has 1 aliphatic heterocycles. The number of aliphatic carboxylic acids is 1. The second kappa shape index (κ2) is 7.27. The molecule has 0 radical (unpaired) electrons. The topological polar surface area (TPSA) is 125 Å². The fourth-order valence-corrected chi connectivity index (χ4v) is 4.62. The maximum absolute atomic E-state index is 12.8. The van der Waals surface area contributed by atoms with Gasteiger partial charge in [-0.1, -0.05) is 12.2 Å². The quantitative estimate of drug-likeness (QED) is 0.675. The van der Waals surface area contributed by atoms with Gasteiger partial charge in [-0.15, -0.1) is 0 Å². The van der Waals surface area contributed by atoms with Crippen LogP contribution in [0.4, 0.5) is 11.4 Å². The second-order valence-corrected chi connectivity index (χ2v) is 7.50. The Morgan fingerprint density at radius 1 is 1.11 bits per heavy atom. The number of carboxylic acids is 1. The molecule has 3 N–H and O–H groups in total. The molecule has 2 fully saturated rings. The molecule has 4 rings (SSSR count). The number of morpholine rings is 1. The van der Waals surface area contributed by atoms with Crippen LogP contribution in [0.25, 0.3) is 0 Å². The lowest BCUT2D eigenvalue weighted by Gasteiger charge is -2.30.